The summed E-state index contributed by atoms with van der Waals surface area (Å²) < 4.78 is 11.7. The van der Waals surface area contributed by atoms with Crippen LogP contribution in [0.5, 0.6) is 11.5 Å². The van der Waals surface area contributed by atoms with Gasteiger partial charge < -0.3 is 9.47 Å². The quantitative estimate of drug-likeness (QED) is 0.777. The molecule has 0 saturated carbocycles. The van der Waals surface area contributed by atoms with Crippen molar-refractivity contribution in [2.75, 3.05) is 0 Å². The molecule has 0 saturated heterocycles. The molecule has 0 amide bonds. The smallest absolute Gasteiger partial charge is 0.149 e. The number of benzene rings is 2. The van der Waals surface area contributed by atoms with E-state index in [2.05, 4.69) is 0 Å². The van der Waals surface area contributed by atoms with Crippen LogP contribution in [0.2, 0.25) is 5.02 Å². The monoisotopic (exact) mass is 278 g/mol. The third-order valence-corrected chi connectivity index (χ3v) is 2.93. The molecular weight excluding hydrogens is 260 g/mol. The highest BCUT2D eigenvalue weighted by molar-refractivity contribution is 6.33. The van der Waals surface area contributed by atoms with Crippen LogP contribution in [0, 0.1) is 0 Å². The topological polar surface area (TPSA) is 18.5 Å². The van der Waals surface area contributed by atoms with Crippen LogP contribution in [-0.2, 0) is 0 Å². The van der Waals surface area contributed by atoms with Crippen LogP contribution in [0.3, 0.4) is 0 Å². The van der Waals surface area contributed by atoms with Crippen LogP contribution < -0.4 is 9.47 Å². The van der Waals surface area contributed by atoms with E-state index in [-0.39, 0.29) is 12.2 Å². The Morgan fingerprint density at radius 3 is 2.21 bits per heavy atom. The van der Waals surface area contributed by atoms with Crippen LogP contribution in [0.25, 0.3) is 10.8 Å². The SMILES string of the molecule is CC(C)Oc1cccc2ccc(Cl)c(OC(C)C)c12. The van der Waals surface area contributed by atoms with E-state index >= 15 is 0 Å². The van der Waals surface area contributed by atoms with Gasteiger partial charge in [0, 0.05) is 0 Å². The molecule has 0 radical (unpaired) electrons. The molecular formula is C16H19ClO2. The molecule has 2 nitrogen and oxygen atoms in total. The van der Waals surface area contributed by atoms with Gasteiger partial charge in [0.15, 0.2) is 0 Å². The highest BCUT2D eigenvalue weighted by Crippen LogP contribution is 2.40. The zero-order valence-electron chi connectivity index (χ0n) is 11.7. The van der Waals surface area contributed by atoms with Crippen molar-refractivity contribution in [1.82, 2.24) is 0 Å². The second kappa shape index (κ2) is 5.70. The summed E-state index contributed by atoms with van der Waals surface area (Å²) in [6.07, 6.45) is 0.173. The molecule has 2 aromatic carbocycles. The molecule has 0 aliphatic carbocycles. The molecule has 0 atom stereocenters. The normalized spacial score (nSPS) is 11.3. The summed E-state index contributed by atoms with van der Waals surface area (Å²) >= 11 is 6.28. The van der Waals surface area contributed by atoms with Crippen molar-refractivity contribution < 1.29 is 9.47 Å². The highest BCUT2D eigenvalue weighted by Gasteiger charge is 2.14. The molecule has 19 heavy (non-hydrogen) atoms. The van der Waals surface area contributed by atoms with Crippen molar-refractivity contribution in [3.63, 3.8) is 0 Å². The minimum absolute atomic E-state index is 0.0650. The fraction of sp³-hybridized carbons (Fsp3) is 0.375. The Labute approximate surface area is 119 Å². The van der Waals surface area contributed by atoms with Gasteiger partial charge in [-0.1, -0.05) is 29.8 Å². The summed E-state index contributed by atoms with van der Waals surface area (Å²) in [5.74, 6) is 1.51. The van der Waals surface area contributed by atoms with Crippen LogP contribution in [0.15, 0.2) is 30.3 Å². The molecule has 3 heteroatoms. The van der Waals surface area contributed by atoms with Gasteiger partial charge in [-0.05, 0) is 45.2 Å². The summed E-state index contributed by atoms with van der Waals surface area (Å²) in [4.78, 5) is 0. The minimum atomic E-state index is 0.0650. The van der Waals surface area contributed by atoms with Gasteiger partial charge >= 0.3 is 0 Å². The third-order valence-electron chi connectivity index (χ3n) is 2.63. The maximum atomic E-state index is 6.28. The lowest BCUT2D eigenvalue weighted by Crippen LogP contribution is -2.09. The van der Waals surface area contributed by atoms with Crippen LogP contribution in [0.4, 0.5) is 0 Å². The average Bonchev–Trinajstić information content (AvgIpc) is 2.32. The predicted molar refractivity (Wildman–Crippen MR) is 80.5 cm³/mol. The molecule has 102 valence electrons. The third kappa shape index (κ3) is 3.13. The molecule has 2 aromatic rings. The second-order valence-corrected chi connectivity index (χ2v) is 5.47. The Bertz CT molecular complexity index is 576. The van der Waals surface area contributed by atoms with E-state index in [9.17, 15) is 0 Å². The first-order chi connectivity index (χ1) is 8.99. The molecule has 0 aliphatic heterocycles. The number of ether oxygens (including phenoxy) is 2. The van der Waals surface area contributed by atoms with Gasteiger partial charge in [-0.15, -0.1) is 0 Å². The van der Waals surface area contributed by atoms with Crippen molar-refractivity contribution in [2.45, 2.75) is 39.9 Å². The lowest BCUT2D eigenvalue weighted by atomic mass is 10.1. The van der Waals surface area contributed by atoms with Crippen molar-refractivity contribution >= 4 is 22.4 Å². The summed E-state index contributed by atoms with van der Waals surface area (Å²) in [6, 6.07) is 9.81. The maximum absolute atomic E-state index is 6.28. The lowest BCUT2D eigenvalue weighted by Gasteiger charge is -2.18. The fourth-order valence-electron chi connectivity index (χ4n) is 1.99. The van der Waals surface area contributed by atoms with E-state index in [4.69, 9.17) is 21.1 Å². The molecule has 0 heterocycles. The zero-order chi connectivity index (χ0) is 14.0. The van der Waals surface area contributed by atoms with E-state index in [1.807, 2.05) is 58.0 Å². The number of hydrogen-bond donors (Lipinski definition) is 0. The first kappa shape index (κ1) is 14.0. The highest BCUT2D eigenvalue weighted by atomic mass is 35.5. The summed E-state index contributed by atoms with van der Waals surface area (Å²) in [5, 5.41) is 2.62. The molecule has 0 fully saturated rings. The van der Waals surface area contributed by atoms with Crippen LogP contribution >= 0.6 is 11.6 Å². The number of fused-ring (bicyclic) bond motifs is 1. The van der Waals surface area contributed by atoms with Crippen molar-refractivity contribution in [3.8, 4) is 11.5 Å². The van der Waals surface area contributed by atoms with E-state index in [0.29, 0.717) is 10.8 Å². The van der Waals surface area contributed by atoms with Gasteiger partial charge in [-0.2, -0.15) is 0 Å². The van der Waals surface area contributed by atoms with Gasteiger partial charge in [0.05, 0.1) is 22.6 Å². The van der Waals surface area contributed by atoms with Crippen LogP contribution in [-0.4, -0.2) is 12.2 Å². The lowest BCUT2D eigenvalue weighted by molar-refractivity contribution is 0.236. The number of rotatable bonds is 4. The standard InChI is InChI=1S/C16H19ClO2/c1-10(2)18-14-7-5-6-12-8-9-13(17)16(15(12)14)19-11(3)4/h5-11H,1-4H3. The Morgan fingerprint density at radius 2 is 1.58 bits per heavy atom. The largest absolute Gasteiger partial charge is 0.490 e. The Hall–Kier alpha value is -1.41. The minimum Gasteiger partial charge on any atom is -0.490 e. The van der Waals surface area contributed by atoms with Gasteiger partial charge in [-0.25, -0.2) is 0 Å². The molecule has 0 bridgehead atoms. The molecule has 0 N–H and O–H groups in total. The van der Waals surface area contributed by atoms with E-state index in [1.54, 1.807) is 0 Å². The summed E-state index contributed by atoms with van der Waals surface area (Å²) in [6.45, 7) is 7.99. The van der Waals surface area contributed by atoms with Gasteiger partial charge in [0.2, 0.25) is 0 Å². The van der Waals surface area contributed by atoms with Gasteiger partial charge in [0.1, 0.15) is 11.5 Å². The Kier molecular flexibility index (Phi) is 4.20. The van der Waals surface area contributed by atoms with Gasteiger partial charge in [0.25, 0.3) is 0 Å². The van der Waals surface area contributed by atoms with Crippen molar-refractivity contribution in [2.24, 2.45) is 0 Å². The van der Waals surface area contributed by atoms with Crippen molar-refractivity contribution in [3.05, 3.63) is 35.4 Å². The Morgan fingerprint density at radius 1 is 0.895 bits per heavy atom. The van der Waals surface area contributed by atoms with E-state index in [0.717, 1.165) is 16.5 Å². The molecule has 0 spiro atoms. The first-order valence-corrected chi connectivity index (χ1v) is 6.91. The van der Waals surface area contributed by atoms with E-state index < -0.39 is 0 Å². The number of halogens is 1. The second-order valence-electron chi connectivity index (χ2n) is 5.06. The molecule has 0 aromatic heterocycles. The fourth-order valence-corrected chi connectivity index (χ4v) is 2.19. The van der Waals surface area contributed by atoms with E-state index in [1.165, 1.54) is 0 Å². The molecule has 0 aliphatic rings. The van der Waals surface area contributed by atoms with Crippen LogP contribution in [0.1, 0.15) is 27.7 Å². The maximum Gasteiger partial charge on any atom is 0.149 e. The average molecular weight is 279 g/mol. The molecule has 2 rings (SSSR count). The summed E-state index contributed by atoms with van der Waals surface area (Å²) in [7, 11) is 0. The first-order valence-electron chi connectivity index (χ1n) is 6.53. The Balaban J connectivity index is 2.65. The summed E-state index contributed by atoms with van der Waals surface area (Å²) in [5.41, 5.74) is 0. The molecule has 0 unspecified atom stereocenters. The van der Waals surface area contributed by atoms with Crippen molar-refractivity contribution in [1.29, 1.82) is 0 Å². The predicted octanol–water partition coefficient (Wildman–Crippen LogP) is 5.07. The van der Waals surface area contributed by atoms with Gasteiger partial charge in [-0.3, -0.25) is 0 Å². The zero-order valence-corrected chi connectivity index (χ0v) is 12.5. The number of hydrogen-bond acceptors (Lipinski definition) is 2.